The second-order valence-corrected chi connectivity index (χ2v) is 33.7. The Balaban J connectivity index is 0.000000555. The molecule has 0 N–H and O–H groups in total. The van der Waals surface area contributed by atoms with Crippen LogP contribution in [0.15, 0.2) is 152 Å². The van der Waals surface area contributed by atoms with Crippen molar-refractivity contribution in [3.8, 4) is 0 Å². The number of hydrogen-bond donors (Lipinski definition) is 0. The first-order valence-electron chi connectivity index (χ1n) is 14.7. The Bertz CT molecular complexity index is 1090. The van der Waals surface area contributed by atoms with Crippen LogP contribution >= 0.6 is 0 Å². The first-order valence-corrected chi connectivity index (χ1v) is 37.8. The summed E-state index contributed by atoms with van der Waals surface area (Å²) in [6.45, 7) is 0. The predicted octanol–water partition coefficient (Wildman–Crippen LogP) is 6.69. The molecule has 5 aromatic rings. The molecule has 0 nitrogen and oxygen atoms in total. The molecule has 0 heterocycles. The van der Waals surface area contributed by atoms with Crippen LogP contribution in [0.1, 0.15) is 0 Å². The summed E-state index contributed by atoms with van der Waals surface area (Å²) in [5.41, 5.74) is 0. The van der Waals surface area contributed by atoms with Gasteiger partial charge in [-0.15, -0.1) is 0 Å². The molecule has 5 aromatic carbocycles. The van der Waals surface area contributed by atoms with Crippen molar-refractivity contribution in [3.63, 3.8) is 0 Å². The second kappa shape index (κ2) is 31.8. The standard InChI is InChI=1S/5C6H5.2C3H9Ge.C2H6Ge.3Sb/c5*1-2-4-6-5-3-1;2*1-4(2)3;1-3-2;;;/h5*1-5H;2*1-3H3;1-2H3;;;. The Morgan fingerprint density at radius 1 is 0.386 bits per heavy atom. The third-order valence-corrected chi connectivity index (χ3v) is 11.5. The summed E-state index contributed by atoms with van der Waals surface area (Å²) >= 11 is 0.919. The average molecular weight is 1090 g/mol. The van der Waals surface area contributed by atoms with Crippen molar-refractivity contribution in [1.29, 1.82) is 0 Å². The van der Waals surface area contributed by atoms with Crippen molar-refractivity contribution in [3.05, 3.63) is 152 Å². The van der Waals surface area contributed by atoms with Crippen LogP contribution in [-0.2, 0) is 0 Å². The molecule has 6 heteroatoms. The maximum absolute atomic E-state index is 2.33. The molecule has 0 spiro atoms. The van der Waals surface area contributed by atoms with E-state index in [1.54, 1.807) is 23.0 Å². The van der Waals surface area contributed by atoms with E-state index in [4.69, 9.17) is 0 Å². The molecule has 0 aromatic heterocycles. The predicted molar refractivity (Wildman–Crippen MR) is 212 cm³/mol. The van der Waals surface area contributed by atoms with Crippen molar-refractivity contribution < 1.29 is 0 Å². The Morgan fingerprint density at radius 3 is 0.682 bits per heavy atom. The van der Waals surface area contributed by atoms with Crippen LogP contribution in [0, 0.1) is 0 Å². The van der Waals surface area contributed by atoms with E-state index in [-0.39, 0.29) is 71.9 Å². The van der Waals surface area contributed by atoms with Gasteiger partial charge in [-0.25, -0.2) is 0 Å². The molecule has 0 aliphatic carbocycles. The van der Waals surface area contributed by atoms with E-state index in [2.05, 4.69) is 180 Å². The SMILES string of the molecule is [CH3][Ge]([CH3])[CH3].[CH3][Ge]([CH3])[CH3].[CH3][Ge][CH3].[Sb][c]1ccccc1.c1cc[c]([Sb][c]2ccccc2)cc1.c1cc[c]([Sb][c]2ccccc2)cc1. The molecular formula is C38H49Ge3Sb3. The van der Waals surface area contributed by atoms with Gasteiger partial charge in [-0.3, -0.25) is 0 Å². The molecule has 0 bridgehead atoms. The summed E-state index contributed by atoms with van der Waals surface area (Å²) in [6.07, 6.45) is 0. The van der Waals surface area contributed by atoms with E-state index in [1.165, 1.54) is 17.6 Å². The second-order valence-electron chi connectivity index (χ2n) is 10.4. The quantitative estimate of drug-likeness (QED) is 0.176. The number of benzene rings is 5. The van der Waals surface area contributed by atoms with Gasteiger partial charge in [-0.1, -0.05) is 0 Å². The van der Waals surface area contributed by atoms with E-state index in [9.17, 15) is 0 Å². The van der Waals surface area contributed by atoms with E-state index >= 15 is 0 Å². The first-order chi connectivity index (χ1) is 21.2. The van der Waals surface area contributed by atoms with Crippen LogP contribution in [0.5, 0.6) is 0 Å². The van der Waals surface area contributed by atoms with Crippen LogP contribution in [0.3, 0.4) is 0 Å². The monoisotopic (exact) mass is 1090 g/mol. The molecular weight excluding hydrogens is 1040 g/mol. The number of rotatable bonds is 4. The Kier molecular flexibility index (Phi) is 31.9. The first kappa shape index (κ1) is 44.2. The molecule has 0 atom stereocenters. The Labute approximate surface area is 321 Å². The van der Waals surface area contributed by atoms with Crippen molar-refractivity contribution in [2.75, 3.05) is 0 Å². The summed E-state index contributed by atoms with van der Waals surface area (Å²) in [5.74, 6) is 18.5. The molecule has 0 aliphatic rings. The van der Waals surface area contributed by atoms with E-state index < -0.39 is 0 Å². The summed E-state index contributed by atoms with van der Waals surface area (Å²) in [6, 6.07) is 53.4. The van der Waals surface area contributed by atoms with Gasteiger partial charge in [0.25, 0.3) is 0 Å². The molecule has 44 heavy (non-hydrogen) atoms. The molecule has 0 amide bonds. The zero-order valence-corrected chi connectivity index (χ0v) is 41.7. The van der Waals surface area contributed by atoms with Crippen LogP contribution in [0.25, 0.3) is 0 Å². The fourth-order valence-corrected chi connectivity index (χ4v) is 8.60. The van der Waals surface area contributed by atoms with Gasteiger partial charge in [0.05, 0.1) is 0 Å². The van der Waals surface area contributed by atoms with Gasteiger partial charge in [-0.05, 0) is 0 Å². The topological polar surface area (TPSA) is 0 Å². The average Bonchev–Trinajstić information content (AvgIpc) is 3.00. The third kappa shape index (κ3) is 30.8. The summed E-state index contributed by atoms with van der Waals surface area (Å²) in [4.78, 5) is 0. The van der Waals surface area contributed by atoms with Gasteiger partial charge in [-0.2, -0.15) is 0 Å². The van der Waals surface area contributed by atoms with Gasteiger partial charge in [0.1, 0.15) is 0 Å². The number of hydrogen-bond acceptors (Lipinski definition) is 0. The van der Waals surface area contributed by atoms with Crippen LogP contribution in [0.2, 0.25) is 46.0 Å². The van der Waals surface area contributed by atoms with Crippen LogP contribution < -0.4 is 17.6 Å². The van der Waals surface area contributed by atoms with Crippen molar-refractivity contribution >= 4 is 128 Å². The zero-order chi connectivity index (χ0) is 32.8. The molecule has 0 aliphatic heterocycles. The fourth-order valence-electron chi connectivity index (χ4n) is 2.74. The minimum atomic E-state index is -0.335. The summed E-state index contributed by atoms with van der Waals surface area (Å²) in [5, 5.41) is 0. The molecule has 0 saturated carbocycles. The molecule has 0 unspecified atom stereocenters. The van der Waals surface area contributed by atoms with E-state index in [1.807, 2.05) is 18.2 Å². The van der Waals surface area contributed by atoms with Gasteiger partial charge >= 0.3 is 326 Å². The van der Waals surface area contributed by atoms with Gasteiger partial charge < -0.3 is 0 Å². The van der Waals surface area contributed by atoms with Gasteiger partial charge in [0, 0.05) is 0 Å². The van der Waals surface area contributed by atoms with Crippen LogP contribution in [-0.4, -0.2) is 110 Å². The zero-order valence-electron chi connectivity index (χ0n) is 27.8. The van der Waals surface area contributed by atoms with E-state index in [0.717, 1.165) is 0 Å². The van der Waals surface area contributed by atoms with Crippen LogP contribution in [0.4, 0.5) is 0 Å². The Hall–Kier alpha value is 0.183. The third-order valence-electron chi connectivity index (χ3n) is 4.30. The summed E-state index contributed by atoms with van der Waals surface area (Å²) < 4.78 is 7.45. The van der Waals surface area contributed by atoms with E-state index in [0.29, 0.717) is 15.4 Å². The molecule has 0 saturated heterocycles. The van der Waals surface area contributed by atoms with Crippen molar-refractivity contribution in [2.45, 2.75) is 46.0 Å². The normalized spacial score (nSPS) is 9.25. The maximum atomic E-state index is 2.33. The summed E-state index contributed by atoms with van der Waals surface area (Å²) in [7, 11) is 0. The van der Waals surface area contributed by atoms with Crippen molar-refractivity contribution in [1.82, 2.24) is 0 Å². The molecule has 8 radical (unpaired) electrons. The van der Waals surface area contributed by atoms with Gasteiger partial charge in [0.2, 0.25) is 0 Å². The molecule has 5 rings (SSSR count). The van der Waals surface area contributed by atoms with Gasteiger partial charge in [0.15, 0.2) is 0 Å². The molecule has 228 valence electrons. The Morgan fingerprint density at radius 2 is 0.545 bits per heavy atom. The minimum absolute atomic E-state index is 0.333. The molecule has 0 fully saturated rings. The fraction of sp³-hybridized carbons (Fsp3) is 0.211. The van der Waals surface area contributed by atoms with Crippen molar-refractivity contribution in [2.24, 2.45) is 0 Å².